The normalized spacial score (nSPS) is 11.6. The summed E-state index contributed by atoms with van der Waals surface area (Å²) < 4.78 is 0. The van der Waals surface area contributed by atoms with Gasteiger partial charge in [-0.1, -0.05) is 35.9 Å². The molecule has 0 saturated heterocycles. The second-order valence-corrected chi connectivity index (χ2v) is 7.33. The van der Waals surface area contributed by atoms with Crippen molar-refractivity contribution in [1.82, 2.24) is 10.3 Å². The number of carbonyl (C=O) groups is 2. The third-order valence-electron chi connectivity index (χ3n) is 4.91. The van der Waals surface area contributed by atoms with Crippen molar-refractivity contribution in [2.45, 2.75) is 26.3 Å². The van der Waals surface area contributed by atoms with Gasteiger partial charge in [0.05, 0.1) is 6.42 Å². The Morgan fingerprint density at radius 1 is 1.00 bits per heavy atom. The molecule has 0 aliphatic carbocycles. The lowest BCUT2D eigenvalue weighted by Gasteiger charge is -2.14. The van der Waals surface area contributed by atoms with Crippen molar-refractivity contribution in [2.24, 2.45) is 5.73 Å². The SMILES string of the molecule is Cc1ccc(C)c(CC(=O)NCC(N)c2ccc(C(=O)Nc3ccncc3)cc2)c1. The van der Waals surface area contributed by atoms with Gasteiger partial charge in [0.15, 0.2) is 0 Å². The van der Waals surface area contributed by atoms with Crippen LogP contribution in [0.3, 0.4) is 0 Å². The third kappa shape index (κ3) is 5.75. The van der Waals surface area contributed by atoms with Crippen LogP contribution in [0.2, 0.25) is 0 Å². The third-order valence-corrected chi connectivity index (χ3v) is 4.91. The molecule has 1 unspecified atom stereocenters. The number of benzene rings is 2. The van der Waals surface area contributed by atoms with Crippen LogP contribution < -0.4 is 16.4 Å². The molecule has 2 aromatic carbocycles. The van der Waals surface area contributed by atoms with Crippen molar-refractivity contribution in [3.63, 3.8) is 0 Å². The molecule has 0 bridgehead atoms. The monoisotopic (exact) mass is 402 g/mol. The summed E-state index contributed by atoms with van der Waals surface area (Å²) in [6.45, 7) is 4.34. The summed E-state index contributed by atoms with van der Waals surface area (Å²) in [5.41, 5.74) is 11.5. The number of anilines is 1. The summed E-state index contributed by atoms with van der Waals surface area (Å²) in [5.74, 6) is -0.268. The predicted molar refractivity (Wildman–Crippen MR) is 118 cm³/mol. The summed E-state index contributed by atoms with van der Waals surface area (Å²) >= 11 is 0. The maximum Gasteiger partial charge on any atom is 0.255 e. The zero-order valence-corrected chi connectivity index (χ0v) is 17.2. The fourth-order valence-corrected chi connectivity index (χ4v) is 3.09. The molecule has 30 heavy (non-hydrogen) atoms. The lowest BCUT2D eigenvalue weighted by molar-refractivity contribution is -0.120. The Morgan fingerprint density at radius 3 is 2.40 bits per heavy atom. The number of nitrogens with one attached hydrogen (secondary N) is 2. The Kier molecular flexibility index (Phi) is 6.93. The molecule has 154 valence electrons. The van der Waals surface area contributed by atoms with Crippen molar-refractivity contribution in [3.05, 3.63) is 94.8 Å². The average molecular weight is 402 g/mol. The first-order valence-electron chi connectivity index (χ1n) is 9.82. The molecule has 0 saturated carbocycles. The van der Waals surface area contributed by atoms with E-state index in [-0.39, 0.29) is 17.9 Å². The zero-order chi connectivity index (χ0) is 21.5. The maximum atomic E-state index is 12.3. The molecule has 2 amide bonds. The Morgan fingerprint density at radius 2 is 1.70 bits per heavy atom. The van der Waals surface area contributed by atoms with Crippen LogP contribution in [0.15, 0.2) is 67.0 Å². The highest BCUT2D eigenvalue weighted by Crippen LogP contribution is 2.14. The number of nitrogens with two attached hydrogens (primary N) is 1. The minimum atomic E-state index is -0.357. The first-order chi connectivity index (χ1) is 14.4. The van der Waals surface area contributed by atoms with Crippen molar-refractivity contribution < 1.29 is 9.59 Å². The quantitative estimate of drug-likeness (QED) is 0.565. The standard InChI is InChI=1S/C24H26N4O2/c1-16-3-4-17(2)20(13-16)14-23(29)27-15-22(25)18-5-7-19(8-6-18)24(30)28-21-9-11-26-12-10-21/h3-13,22H,14-15,25H2,1-2H3,(H,27,29)(H,26,28,30). The zero-order valence-electron chi connectivity index (χ0n) is 17.2. The maximum absolute atomic E-state index is 12.3. The van der Waals surface area contributed by atoms with Gasteiger partial charge < -0.3 is 16.4 Å². The van der Waals surface area contributed by atoms with E-state index in [4.69, 9.17) is 5.73 Å². The lowest BCUT2D eigenvalue weighted by atomic mass is 10.0. The molecular weight excluding hydrogens is 376 g/mol. The molecule has 1 atom stereocenters. The number of aryl methyl sites for hydroxylation is 2. The van der Waals surface area contributed by atoms with E-state index >= 15 is 0 Å². The predicted octanol–water partition coefficient (Wildman–Crippen LogP) is 3.31. The smallest absolute Gasteiger partial charge is 0.255 e. The molecule has 3 rings (SSSR count). The van der Waals surface area contributed by atoms with E-state index in [1.54, 1.807) is 36.7 Å². The van der Waals surface area contributed by atoms with E-state index < -0.39 is 0 Å². The Balaban J connectivity index is 1.53. The fourth-order valence-electron chi connectivity index (χ4n) is 3.09. The van der Waals surface area contributed by atoms with Crippen LogP contribution in [0.5, 0.6) is 0 Å². The molecule has 4 N–H and O–H groups in total. The molecule has 3 aromatic rings. The van der Waals surface area contributed by atoms with Crippen LogP contribution in [-0.4, -0.2) is 23.3 Å². The summed E-state index contributed by atoms with van der Waals surface area (Å²) in [4.78, 5) is 28.5. The van der Waals surface area contributed by atoms with Gasteiger partial charge in [0.2, 0.25) is 5.91 Å². The van der Waals surface area contributed by atoms with Gasteiger partial charge in [0, 0.05) is 36.2 Å². The highest BCUT2D eigenvalue weighted by molar-refractivity contribution is 6.04. The van der Waals surface area contributed by atoms with Gasteiger partial charge in [-0.3, -0.25) is 14.6 Å². The summed E-state index contributed by atoms with van der Waals surface area (Å²) in [5, 5.41) is 5.71. The lowest BCUT2D eigenvalue weighted by Crippen LogP contribution is -2.33. The van der Waals surface area contributed by atoms with Crippen molar-refractivity contribution in [1.29, 1.82) is 0 Å². The van der Waals surface area contributed by atoms with Crippen LogP contribution >= 0.6 is 0 Å². The summed E-state index contributed by atoms with van der Waals surface area (Å²) in [6, 6.07) is 16.3. The number of aromatic nitrogens is 1. The Hall–Kier alpha value is -3.51. The first-order valence-corrected chi connectivity index (χ1v) is 9.82. The van der Waals surface area contributed by atoms with Crippen molar-refractivity contribution in [3.8, 4) is 0 Å². The topological polar surface area (TPSA) is 97.1 Å². The second-order valence-electron chi connectivity index (χ2n) is 7.33. The second kappa shape index (κ2) is 9.80. The van der Waals surface area contributed by atoms with Gasteiger partial charge in [0.1, 0.15) is 0 Å². The van der Waals surface area contributed by atoms with E-state index in [2.05, 4.69) is 15.6 Å². The molecule has 1 heterocycles. The number of nitrogens with zero attached hydrogens (tertiary/aromatic N) is 1. The molecule has 0 radical (unpaired) electrons. The Labute approximate surface area is 176 Å². The van der Waals surface area contributed by atoms with Gasteiger partial charge in [-0.05, 0) is 54.8 Å². The fraction of sp³-hybridized carbons (Fsp3) is 0.208. The average Bonchev–Trinajstić information content (AvgIpc) is 2.75. The number of hydrogen-bond acceptors (Lipinski definition) is 4. The summed E-state index contributed by atoms with van der Waals surface area (Å²) in [6.07, 6.45) is 3.56. The van der Waals surface area contributed by atoms with E-state index in [0.29, 0.717) is 24.2 Å². The van der Waals surface area contributed by atoms with Crippen LogP contribution in [0.25, 0.3) is 0 Å². The summed E-state index contributed by atoms with van der Waals surface area (Å²) in [7, 11) is 0. The largest absolute Gasteiger partial charge is 0.354 e. The highest BCUT2D eigenvalue weighted by atomic mass is 16.2. The number of amides is 2. The molecular formula is C24H26N4O2. The Bertz CT molecular complexity index is 1020. The van der Waals surface area contributed by atoms with Crippen molar-refractivity contribution in [2.75, 3.05) is 11.9 Å². The van der Waals surface area contributed by atoms with Gasteiger partial charge >= 0.3 is 0 Å². The van der Waals surface area contributed by atoms with Gasteiger partial charge in [-0.2, -0.15) is 0 Å². The molecule has 6 heteroatoms. The molecule has 0 aliphatic heterocycles. The van der Waals surface area contributed by atoms with Crippen molar-refractivity contribution >= 4 is 17.5 Å². The number of carbonyl (C=O) groups excluding carboxylic acids is 2. The number of rotatable bonds is 7. The van der Waals surface area contributed by atoms with Gasteiger partial charge in [0.25, 0.3) is 5.91 Å². The molecule has 1 aromatic heterocycles. The first kappa shape index (κ1) is 21.2. The van der Waals surface area contributed by atoms with E-state index in [0.717, 1.165) is 22.3 Å². The van der Waals surface area contributed by atoms with E-state index in [1.165, 1.54) is 0 Å². The van der Waals surface area contributed by atoms with Gasteiger partial charge in [-0.15, -0.1) is 0 Å². The highest BCUT2D eigenvalue weighted by Gasteiger charge is 2.12. The van der Waals surface area contributed by atoms with Crippen LogP contribution in [0.1, 0.15) is 38.7 Å². The van der Waals surface area contributed by atoms with E-state index in [9.17, 15) is 9.59 Å². The number of pyridine rings is 1. The minimum absolute atomic E-state index is 0.0625. The minimum Gasteiger partial charge on any atom is -0.354 e. The van der Waals surface area contributed by atoms with Crippen LogP contribution in [0.4, 0.5) is 5.69 Å². The molecule has 0 fully saturated rings. The molecule has 6 nitrogen and oxygen atoms in total. The number of hydrogen-bond donors (Lipinski definition) is 3. The van der Waals surface area contributed by atoms with E-state index in [1.807, 2.05) is 44.2 Å². The molecule has 0 aliphatic rings. The van der Waals surface area contributed by atoms with Crippen LogP contribution in [-0.2, 0) is 11.2 Å². The molecule has 0 spiro atoms. The van der Waals surface area contributed by atoms with Crippen LogP contribution in [0, 0.1) is 13.8 Å². The van der Waals surface area contributed by atoms with Gasteiger partial charge in [-0.25, -0.2) is 0 Å².